The number of rotatable bonds is 5. The molecule has 0 bridgehead atoms. The van der Waals surface area contributed by atoms with Crippen molar-refractivity contribution in [1.82, 2.24) is 9.97 Å². The molecule has 6 heteroatoms. The van der Waals surface area contributed by atoms with E-state index in [-0.39, 0.29) is 5.75 Å². The second-order valence-electron chi connectivity index (χ2n) is 4.22. The van der Waals surface area contributed by atoms with Crippen molar-refractivity contribution < 1.29 is 9.13 Å². The maximum Gasteiger partial charge on any atom is 0.165 e. The SMILES string of the molecule is CCCc1nc(Cl)cc(Nc2ccc(F)c(OC)c2)n1. The molecule has 0 aliphatic heterocycles. The zero-order chi connectivity index (χ0) is 14.5. The summed E-state index contributed by atoms with van der Waals surface area (Å²) in [6, 6.07) is 6.12. The Bertz CT molecular complexity index is 607. The third-order valence-corrected chi connectivity index (χ3v) is 2.83. The first-order valence-corrected chi connectivity index (χ1v) is 6.64. The van der Waals surface area contributed by atoms with Crippen molar-refractivity contribution in [2.24, 2.45) is 0 Å². The summed E-state index contributed by atoms with van der Waals surface area (Å²) in [5.41, 5.74) is 0.667. The predicted molar refractivity (Wildman–Crippen MR) is 77.3 cm³/mol. The Morgan fingerprint density at radius 3 is 2.80 bits per heavy atom. The predicted octanol–water partition coefficient (Wildman–Crippen LogP) is 3.97. The molecule has 0 amide bonds. The number of halogens is 2. The molecule has 0 aliphatic carbocycles. The minimum atomic E-state index is -0.412. The van der Waals surface area contributed by atoms with Crippen molar-refractivity contribution >= 4 is 23.1 Å². The lowest BCUT2D eigenvalue weighted by atomic mass is 10.3. The molecule has 0 radical (unpaired) electrons. The van der Waals surface area contributed by atoms with Crippen LogP contribution in [-0.2, 0) is 6.42 Å². The molecule has 4 nitrogen and oxygen atoms in total. The average molecular weight is 296 g/mol. The van der Waals surface area contributed by atoms with E-state index in [4.69, 9.17) is 16.3 Å². The Labute approximate surface area is 122 Å². The molecule has 1 heterocycles. The van der Waals surface area contributed by atoms with Crippen LogP contribution in [0.4, 0.5) is 15.9 Å². The number of hydrogen-bond donors (Lipinski definition) is 1. The summed E-state index contributed by atoms with van der Waals surface area (Å²) >= 11 is 5.96. The number of aryl methyl sites for hydroxylation is 1. The molecule has 0 fully saturated rings. The van der Waals surface area contributed by atoms with Crippen LogP contribution in [0.1, 0.15) is 19.2 Å². The number of anilines is 2. The van der Waals surface area contributed by atoms with E-state index in [2.05, 4.69) is 15.3 Å². The Hall–Kier alpha value is -1.88. The minimum Gasteiger partial charge on any atom is -0.494 e. The van der Waals surface area contributed by atoms with Gasteiger partial charge in [-0.3, -0.25) is 0 Å². The van der Waals surface area contributed by atoms with Gasteiger partial charge in [-0.15, -0.1) is 0 Å². The van der Waals surface area contributed by atoms with Gasteiger partial charge in [-0.1, -0.05) is 18.5 Å². The number of benzene rings is 1. The lowest BCUT2D eigenvalue weighted by molar-refractivity contribution is 0.387. The molecule has 0 saturated carbocycles. The van der Waals surface area contributed by atoms with Gasteiger partial charge in [0.1, 0.15) is 16.8 Å². The number of ether oxygens (including phenoxy) is 1. The molecule has 0 spiro atoms. The van der Waals surface area contributed by atoms with Gasteiger partial charge in [0.2, 0.25) is 0 Å². The van der Waals surface area contributed by atoms with E-state index in [1.165, 1.54) is 13.2 Å². The number of hydrogen-bond acceptors (Lipinski definition) is 4. The van der Waals surface area contributed by atoms with Crippen molar-refractivity contribution in [3.8, 4) is 5.75 Å². The van der Waals surface area contributed by atoms with Crippen LogP contribution in [0.2, 0.25) is 5.15 Å². The van der Waals surface area contributed by atoms with E-state index in [0.717, 1.165) is 12.8 Å². The summed E-state index contributed by atoms with van der Waals surface area (Å²) in [6.07, 6.45) is 1.69. The van der Waals surface area contributed by atoms with Gasteiger partial charge < -0.3 is 10.1 Å². The van der Waals surface area contributed by atoms with Gasteiger partial charge >= 0.3 is 0 Å². The van der Waals surface area contributed by atoms with Crippen molar-refractivity contribution in [3.05, 3.63) is 41.1 Å². The molecule has 1 N–H and O–H groups in total. The summed E-state index contributed by atoms with van der Waals surface area (Å²) in [7, 11) is 1.42. The standard InChI is InChI=1S/C14H15ClFN3O/c1-3-4-13-18-12(15)8-14(19-13)17-9-5-6-10(16)11(7-9)20-2/h5-8H,3-4H2,1-2H3,(H,17,18,19). The van der Waals surface area contributed by atoms with Gasteiger partial charge in [-0.2, -0.15) is 0 Å². The number of nitrogens with one attached hydrogen (secondary N) is 1. The van der Waals surface area contributed by atoms with Crippen LogP contribution < -0.4 is 10.1 Å². The van der Waals surface area contributed by atoms with Crippen LogP contribution in [-0.4, -0.2) is 17.1 Å². The summed E-state index contributed by atoms with van der Waals surface area (Å²) in [5.74, 6) is 1.01. The summed E-state index contributed by atoms with van der Waals surface area (Å²) < 4.78 is 18.3. The highest BCUT2D eigenvalue weighted by Gasteiger charge is 2.06. The van der Waals surface area contributed by atoms with Crippen molar-refractivity contribution in [2.75, 3.05) is 12.4 Å². The van der Waals surface area contributed by atoms with Crippen LogP contribution in [0.3, 0.4) is 0 Å². The topological polar surface area (TPSA) is 47.0 Å². The Morgan fingerprint density at radius 1 is 1.30 bits per heavy atom. The zero-order valence-corrected chi connectivity index (χ0v) is 12.0. The molecule has 1 aromatic carbocycles. The minimum absolute atomic E-state index is 0.170. The fraction of sp³-hybridized carbons (Fsp3) is 0.286. The highest BCUT2D eigenvalue weighted by Crippen LogP contribution is 2.24. The van der Waals surface area contributed by atoms with E-state index in [0.29, 0.717) is 22.5 Å². The quantitative estimate of drug-likeness (QED) is 0.848. The van der Waals surface area contributed by atoms with E-state index in [9.17, 15) is 4.39 Å². The van der Waals surface area contributed by atoms with E-state index in [1.54, 1.807) is 18.2 Å². The molecule has 0 saturated heterocycles. The smallest absolute Gasteiger partial charge is 0.165 e. The summed E-state index contributed by atoms with van der Waals surface area (Å²) in [6.45, 7) is 2.04. The number of nitrogens with zero attached hydrogens (tertiary/aromatic N) is 2. The molecule has 2 rings (SSSR count). The van der Waals surface area contributed by atoms with Crippen molar-refractivity contribution in [3.63, 3.8) is 0 Å². The second-order valence-corrected chi connectivity index (χ2v) is 4.60. The molecular weight excluding hydrogens is 281 g/mol. The molecule has 2 aromatic rings. The van der Waals surface area contributed by atoms with Crippen LogP contribution in [0.5, 0.6) is 5.75 Å². The molecule has 0 atom stereocenters. The average Bonchev–Trinajstić information content (AvgIpc) is 2.40. The highest BCUT2D eigenvalue weighted by atomic mass is 35.5. The Balaban J connectivity index is 2.25. The fourth-order valence-corrected chi connectivity index (χ4v) is 1.95. The lowest BCUT2D eigenvalue weighted by Crippen LogP contribution is -2.01. The van der Waals surface area contributed by atoms with Crippen molar-refractivity contribution in [2.45, 2.75) is 19.8 Å². The zero-order valence-electron chi connectivity index (χ0n) is 11.3. The van der Waals surface area contributed by atoms with E-state index >= 15 is 0 Å². The van der Waals surface area contributed by atoms with E-state index < -0.39 is 5.82 Å². The maximum atomic E-state index is 13.3. The van der Waals surface area contributed by atoms with Crippen LogP contribution in [0.25, 0.3) is 0 Å². The van der Waals surface area contributed by atoms with Gasteiger partial charge in [0.05, 0.1) is 7.11 Å². The third-order valence-electron chi connectivity index (χ3n) is 2.64. The third kappa shape index (κ3) is 3.57. The number of methoxy groups -OCH3 is 1. The first-order chi connectivity index (χ1) is 9.62. The van der Waals surface area contributed by atoms with Gasteiger partial charge in [0.15, 0.2) is 11.6 Å². The Kier molecular flexibility index (Phi) is 4.74. The highest BCUT2D eigenvalue weighted by molar-refractivity contribution is 6.29. The lowest BCUT2D eigenvalue weighted by Gasteiger charge is -2.09. The van der Waals surface area contributed by atoms with Crippen LogP contribution >= 0.6 is 11.6 Å². The maximum absolute atomic E-state index is 13.3. The van der Waals surface area contributed by atoms with Crippen LogP contribution in [0, 0.1) is 5.82 Å². The first-order valence-electron chi connectivity index (χ1n) is 6.26. The summed E-state index contributed by atoms with van der Waals surface area (Å²) in [4.78, 5) is 8.50. The normalized spacial score (nSPS) is 10.4. The monoisotopic (exact) mass is 295 g/mol. The molecule has 0 aliphatic rings. The molecule has 20 heavy (non-hydrogen) atoms. The van der Waals surface area contributed by atoms with Gasteiger partial charge in [0.25, 0.3) is 0 Å². The largest absolute Gasteiger partial charge is 0.494 e. The van der Waals surface area contributed by atoms with Gasteiger partial charge in [-0.25, -0.2) is 14.4 Å². The molecular formula is C14H15ClFN3O. The van der Waals surface area contributed by atoms with E-state index in [1.807, 2.05) is 6.92 Å². The van der Waals surface area contributed by atoms with Gasteiger partial charge in [0, 0.05) is 24.2 Å². The molecule has 1 aromatic heterocycles. The first kappa shape index (κ1) is 14.5. The molecule has 0 unspecified atom stereocenters. The summed E-state index contributed by atoms with van der Waals surface area (Å²) in [5, 5.41) is 3.44. The second kappa shape index (κ2) is 6.52. The fourth-order valence-electron chi connectivity index (χ4n) is 1.75. The van der Waals surface area contributed by atoms with Crippen molar-refractivity contribution in [1.29, 1.82) is 0 Å². The Morgan fingerprint density at radius 2 is 2.10 bits per heavy atom. The molecule has 106 valence electrons. The van der Waals surface area contributed by atoms with Gasteiger partial charge in [-0.05, 0) is 18.6 Å². The number of aromatic nitrogens is 2. The van der Waals surface area contributed by atoms with Crippen LogP contribution in [0.15, 0.2) is 24.3 Å².